The SMILES string of the molecule is CCN(CC)CCCN1C(=O)C(=O)C(=C(O)c2ccccc2)[C@H]1c1ccc(C(C)C)cc1. The highest BCUT2D eigenvalue weighted by Gasteiger charge is 2.45. The number of likely N-dealkylation sites (tertiary alicyclic amines) is 1. The molecule has 5 heteroatoms. The van der Waals surface area contributed by atoms with Crippen LogP contribution in [0.3, 0.4) is 0 Å². The van der Waals surface area contributed by atoms with Crippen molar-refractivity contribution in [2.75, 3.05) is 26.2 Å². The van der Waals surface area contributed by atoms with Gasteiger partial charge in [0.1, 0.15) is 5.76 Å². The molecule has 1 N–H and O–H groups in total. The molecule has 32 heavy (non-hydrogen) atoms. The van der Waals surface area contributed by atoms with E-state index in [4.69, 9.17) is 0 Å². The fourth-order valence-corrected chi connectivity index (χ4v) is 4.28. The molecule has 0 radical (unpaired) electrons. The number of carbonyl (C=O) groups is 2. The summed E-state index contributed by atoms with van der Waals surface area (Å²) in [7, 11) is 0. The Balaban J connectivity index is 2.01. The fourth-order valence-electron chi connectivity index (χ4n) is 4.28. The maximum absolute atomic E-state index is 13.1. The molecule has 1 amide bonds. The highest BCUT2D eigenvalue weighted by atomic mass is 16.3. The van der Waals surface area contributed by atoms with Crippen molar-refractivity contribution in [3.05, 3.63) is 76.9 Å². The van der Waals surface area contributed by atoms with Crippen LogP contribution in [-0.2, 0) is 9.59 Å². The zero-order chi connectivity index (χ0) is 23.3. The second-order valence-electron chi connectivity index (χ2n) is 8.56. The molecule has 1 saturated heterocycles. The number of rotatable bonds is 9. The smallest absolute Gasteiger partial charge is 0.295 e. The molecule has 1 atom stereocenters. The normalized spacial score (nSPS) is 18.2. The van der Waals surface area contributed by atoms with E-state index in [1.807, 2.05) is 42.5 Å². The average Bonchev–Trinajstić information content (AvgIpc) is 3.07. The van der Waals surface area contributed by atoms with Crippen molar-refractivity contribution in [1.29, 1.82) is 0 Å². The van der Waals surface area contributed by atoms with Crippen LogP contribution in [0.5, 0.6) is 0 Å². The number of nitrogens with zero attached hydrogens (tertiary/aromatic N) is 2. The molecule has 3 rings (SSSR count). The van der Waals surface area contributed by atoms with E-state index < -0.39 is 17.7 Å². The number of amides is 1. The second kappa shape index (κ2) is 10.6. The molecule has 0 aromatic heterocycles. The van der Waals surface area contributed by atoms with Crippen molar-refractivity contribution >= 4 is 17.4 Å². The van der Waals surface area contributed by atoms with Crippen molar-refractivity contribution in [3.63, 3.8) is 0 Å². The summed E-state index contributed by atoms with van der Waals surface area (Å²) in [6.07, 6.45) is 0.765. The van der Waals surface area contributed by atoms with Crippen molar-refractivity contribution in [3.8, 4) is 0 Å². The molecule has 5 nitrogen and oxygen atoms in total. The molecular weight excluding hydrogens is 400 g/mol. The Kier molecular flexibility index (Phi) is 7.86. The summed E-state index contributed by atoms with van der Waals surface area (Å²) in [4.78, 5) is 30.1. The van der Waals surface area contributed by atoms with Crippen LogP contribution in [0.2, 0.25) is 0 Å². The fraction of sp³-hybridized carbons (Fsp3) is 0.407. The number of benzene rings is 2. The number of hydrogen-bond acceptors (Lipinski definition) is 4. The number of hydrogen-bond donors (Lipinski definition) is 1. The van der Waals surface area contributed by atoms with Crippen LogP contribution in [0.25, 0.3) is 5.76 Å². The van der Waals surface area contributed by atoms with Gasteiger partial charge in [-0.05, 0) is 43.1 Å². The molecule has 0 unspecified atom stereocenters. The molecule has 170 valence electrons. The highest BCUT2D eigenvalue weighted by molar-refractivity contribution is 6.46. The lowest BCUT2D eigenvalue weighted by Crippen LogP contribution is -2.33. The summed E-state index contributed by atoms with van der Waals surface area (Å²) < 4.78 is 0. The van der Waals surface area contributed by atoms with Gasteiger partial charge in [0.2, 0.25) is 0 Å². The van der Waals surface area contributed by atoms with E-state index in [0.717, 1.165) is 31.6 Å². The van der Waals surface area contributed by atoms with E-state index in [-0.39, 0.29) is 11.3 Å². The van der Waals surface area contributed by atoms with Gasteiger partial charge in [-0.2, -0.15) is 0 Å². The van der Waals surface area contributed by atoms with E-state index in [1.165, 1.54) is 5.56 Å². The first-order valence-corrected chi connectivity index (χ1v) is 11.5. The summed E-state index contributed by atoms with van der Waals surface area (Å²) in [5.41, 5.74) is 2.74. The van der Waals surface area contributed by atoms with Gasteiger partial charge in [0, 0.05) is 12.1 Å². The molecule has 1 fully saturated rings. The lowest BCUT2D eigenvalue weighted by Gasteiger charge is -2.27. The predicted octanol–water partition coefficient (Wildman–Crippen LogP) is 4.96. The van der Waals surface area contributed by atoms with Gasteiger partial charge in [0.05, 0.1) is 11.6 Å². The van der Waals surface area contributed by atoms with Gasteiger partial charge in [0.25, 0.3) is 11.7 Å². The van der Waals surface area contributed by atoms with Crippen LogP contribution in [0.4, 0.5) is 0 Å². The standard InChI is InChI=1S/C27H34N2O3/c1-5-28(6-2)17-10-18-29-24(21-15-13-20(14-16-21)19(3)4)23(26(31)27(29)32)25(30)22-11-8-7-9-12-22/h7-9,11-16,19,24,30H,5-6,10,17-18H2,1-4H3/t24-/m1/s1. The maximum Gasteiger partial charge on any atom is 0.295 e. The van der Waals surface area contributed by atoms with Crippen molar-refractivity contribution in [2.24, 2.45) is 0 Å². The molecule has 2 aromatic carbocycles. The zero-order valence-corrected chi connectivity index (χ0v) is 19.5. The first-order valence-electron chi connectivity index (χ1n) is 11.5. The number of aliphatic hydroxyl groups is 1. The van der Waals surface area contributed by atoms with E-state index in [1.54, 1.807) is 17.0 Å². The molecule has 0 saturated carbocycles. The van der Waals surface area contributed by atoms with Gasteiger partial charge in [-0.25, -0.2) is 0 Å². The first-order chi connectivity index (χ1) is 15.4. The summed E-state index contributed by atoms with van der Waals surface area (Å²) in [5.74, 6) is -0.894. The summed E-state index contributed by atoms with van der Waals surface area (Å²) in [6, 6.07) is 16.4. The van der Waals surface area contributed by atoms with Crippen LogP contribution < -0.4 is 0 Å². The van der Waals surface area contributed by atoms with Crippen molar-refractivity contribution in [2.45, 2.75) is 46.1 Å². The Labute approximate surface area is 191 Å². The Morgan fingerprint density at radius 1 is 1.00 bits per heavy atom. The molecule has 1 aliphatic heterocycles. The minimum atomic E-state index is -0.618. The van der Waals surface area contributed by atoms with Gasteiger partial charge in [0.15, 0.2) is 0 Å². The third kappa shape index (κ3) is 4.94. The summed E-state index contributed by atoms with van der Waals surface area (Å²) >= 11 is 0. The second-order valence-corrected chi connectivity index (χ2v) is 8.56. The Bertz CT molecular complexity index is 960. The van der Waals surface area contributed by atoms with E-state index >= 15 is 0 Å². The minimum absolute atomic E-state index is 0.117. The van der Waals surface area contributed by atoms with Crippen LogP contribution in [-0.4, -0.2) is 52.8 Å². The number of carbonyl (C=O) groups excluding carboxylic acids is 2. The average molecular weight is 435 g/mol. The highest BCUT2D eigenvalue weighted by Crippen LogP contribution is 2.39. The Morgan fingerprint density at radius 2 is 1.62 bits per heavy atom. The third-order valence-corrected chi connectivity index (χ3v) is 6.27. The molecule has 1 heterocycles. The van der Waals surface area contributed by atoms with Crippen LogP contribution >= 0.6 is 0 Å². The summed E-state index contributed by atoms with van der Waals surface area (Å²) in [5, 5.41) is 11.1. The number of aliphatic hydroxyl groups excluding tert-OH is 1. The topological polar surface area (TPSA) is 60.9 Å². The molecule has 0 bridgehead atoms. The monoisotopic (exact) mass is 434 g/mol. The van der Waals surface area contributed by atoms with Crippen LogP contribution in [0, 0.1) is 0 Å². The number of ketones is 1. The third-order valence-electron chi connectivity index (χ3n) is 6.27. The van der Waals surface area contributed by atoms with Crippen molar-refractivity contribution < 1.29 is 14.7 Å². The van der Waals surface area contributed by atoms with Gasteiger partial charge >= 0.3 is 0 Å². The molecule has 0 aliphatic carbocycles. The molecule has 1 aliphatic rings. The van der Waals surface area contributed by atoms with Gasteiger partial charge in [-0.15, -0.1) is 0 Å². The summed E-state index contributed by atoms with van der Waals surface area (Å²) in [6.45, 7) is 11.7. The predicted molar refractivity (Wildman–Crippen MR) is 128 cm³/mol. The minimum Gasteiger partial charge on any atom is -0.507 e. The van der Waals surface area contributed by atoms with Crippen molar-refractivity contribution in [1.82, 2.24) is 9.80 Å². The van der Waals surface area contributed by atoms with Gasteiger partial charge in [-0.1, -0.05) is 82.3 Å². The first kappa shape index (κ1) is 23.7. The maximum atomic E-state index is 13.1. The van der Waals surface area contributed by atoms with E-state index in [2.05, 4.69) is 32.6 Å². The molecular formula is C27H34N2O3. The van der Waals surface area contributed by atoms with Gasteiger partial charge in [-0.3, -0.25) is 9.59 Å². The van der Waals surface area contributed by atoms with Crippen LogP contribution in [0.1, 0.15) is 62.8 Å². The Hall–Kier alpha value is -2.92. The molecule has 0 spiro atoms. The van der Waals surface area contributed by atoms with Crippen LogP contribution in [0.15, 0.2) is 60.2 Å². The quantitative estimate of drug-likeness (QED) is 0.344. The number of Topliss-reactive ketones (excluding diaryl/α,β-unsaturated/α-hetero) is 1. The lowest BCUT2D eigenvalue weighted by atomic mass is 9.93. The van der Waals surface area contributed by atoms with E-state index in [9.17, 15) is 14.7 Å². The van der Waals surface area contributed by atoms with E-state index in [0.29, 0.717) is 18.0 Å². The Morgan fingerprint density at radius 3 is 2.19 bits per heavy atom. The lowest BCUT2D eigenvalue weighted by molar-refractivity contribution is -0.140. The largest absolute Gasteiger partial charge is 0.507 e. The van der Waals surface area contributed by atoms with Gasteiger partial charge < -0.3 is 14.9 Å². The molecule has 2 aromatic rings. The zero-order valence-electron chi connectivity index (χ0n) is 19.5.